The predicted molar refractivity (Wildman–Crippen MR) is 68.9 cm³/mol. The first-order chi connectivity index (χ1) is 8.75. The summed E-state index contributed by atoms with van der Waals surface area (Å²) >= 11 is 5.68. The van der Waals surface area contributed by atoms with Gasteiger partial charge in [0, 0.05) is 23.3 Å². The lowest BCUT2D eigenvalue weighted by atomic mass is 10.0. The maximum absolute atomic E-state index is 12.3. The van der Waals surface area contributed by atoms with Crippen LogP contribution in [0.15, 0.2) is 53.2 Å². The van der Waals surface area contributed by atoms with E-state index in [-0.39, 0.29) is 16.8 Å². The fraction of sp³-hybridized carbons (Fsp3) is 0. The number of benzene rings is 1. The molecular formula is C14H8ClNO2. The molecule has 0 bridgehead atoms. The summed E-state index contributed by atoms with van der Waals surface area (Å²) in [5.41, 5.74) is 0.562. The van der Waals surface area contributed by atoms with Crippen LogP contribution < -0.4 is 0 Å². The van der Waals surface area contributed by atoms with Gasteiger partial charge in [-0.2, -0.15) is 0 Å². The maximum atomic E-state index is 12.3. The van der Waals surface area contributed by atoms with Gasteiger partial charge in [0.15, 0.2) is 11.0 Å². The van der Waals surface area contributed by atoms with E-state index < -0.39 is 0 Å². The van der Waals surface area contributed by atoms with Crippen LogP contribution in [0.5, 0.6) is 0 Å². The SMILES string of the molecule is O=C(c1ccc(Cl)o1)c1cccc2ccncc12. The molecule has 3 aromatic rings. The van der Waals surface area contributed by atoms with Crippen molar-refractivity contribution in [3.05, 3.63) is 65.3 Å². The molecule has 3 nitrogen and oxygen atoms in total. The van der Waals surface area contributed by atoms with E-state index in [1.807, 2.05) is 18.2 Å². The molecule has 0 atom stereocenters. The average molecular weight is 258 g/mol. The molecule has 2 aromatic heterocycles. The Labute approximate surface area is 108 Å². The molecule has 2 heterocycles. The molecule has 0 saturated carbocycles. The van der Waals surface area contributed by atoms with Crippen molar-refractivity contribution in [2.24, 2.45) is 0 Å². The number of carbonyl (C=O) groups is 1. The first-order valence-electron chi connectivity index (χ1n) is 5.38. The van der Waals surface area contributed by atoms with Crippen molar-refractivity contribution in [2.45, 2.75) is 0 Å². The lowest BCUT2D eigenvalue weighted by Gasteiger charge is -2.03. The molecule has 0 unspecified atom stereocenters. The van der Waals surface area contributed by atoms with Crippen molar-refractivity contribution in [3.8, 4) is 0 Å². The van der Waals surface area contributed by atoms with E-state index in [0.717, 1.165) is 10.8 Å². The summed E-state index contributed by atoms with van der Waals surface area (Å²) in [6, 6.07) is 10.5. The minimum Gasteiger partial charge on any atom is -0.441 e. The van der Waals surface area contributed by atoms with E-state index in [9.17, 15) is 4.79 Å². The number of fused-ring (bicyclic) bond motifs is 1. The molecule has 1 aromatic carbocycles. The van der Waals surface area contributed by atoms with E-state index in [4.69, 9.17) is 16.0 Å². The van der Waals surface area contributed by atoms with Crippen molar-refractivity contribution < 1.29 is 9.21 Å². The Bertz CT molecular complexity index is 728. The van der Waals surface area contributed by atoms with Gasteiger partial charge in [0.2, 0.25) is 5.78 Å². The lowest BCUT2D eigenvalue weighted by molar-refractivity contribution is 0.101. The molecule has 0 amide bonds. The molecule has 0 N–H and O–H groups in total. The average Bonchev–Trinajstić information content (AvgIpc) is 2.84. The Hall–Kier alpha value is -2.13. The number of nitrogens with zero attached hydrogens (tertiary/aromatic N) is 1. The van der Waals surface area contributed by atoms with Crippen molar-refractivity contribution in [1.82, 2.24) is 4.98 Å². The van der Waals surface area contributed by atoms with Gasteiger partial charge >= 0.3 is 0 Å². The van der Waals surface area contributed by atoms with Crippen LogP contribution in [-0.2, 0) is 0 Å². The molecule has 0 aliphatic heterocycles. The van der Waals surface area contributed by atoms with Crippen LogP contribution in [0, 0.1) is 0 Å². The largest absolute Gasteiger partial charge is 0.441 e. The minimum absolute atomic E-state index is 0.194. The molecule has 0 fully saturated rings. The van der Waals surface area contributed by atoms with Crippen LogP contribution in [0.25, 0.3) is 10.8 Å². The fourth-order valence-corrected chi connectivity index (χ4v) is 2.03. The monoisotopic (exact) mass is 257 g/mol. The van der Waals surface area contributed by atoms with Crippen LogP contribution in [0.3, 0.4) is 0 Å². The third-order valence-corrected chi connectivity index (χ3v) is 2.93. The van der Waals surface area contributed by atoms with Crippen LogP contribution in [-0.4, -0.2) is 10.8 Å². The number of furan rings is 1. The zero-order valence-corrected chi connectivity index (χ0v) is 10.0. The molecule has 0 aliphatic carbocycles. The van der Waals surface area contributed by atoms with Crippen molar-refractivity contribution in [1.29, 1.82) is 0 Å². The highest BCUT2D eigenvalue weighted by atomic mass is 35.5. The number of rotatable bonds is 2. The molecular weight excluding hydrogens is 250 g/mol. The van der Waals surface area contributed by atoms with Gasteiger partial charge in [0.1, 0.15) is 0 Å². The quantitative estimate of drug-likeness (QED) is 0.657. The third-order valence-electron chi connectivity index (χ3n) is 2.73. The Morgan fingerprint density at radius 2 is 2.06 bits per heavy atom. The van der Waals surface area contributed by atoms with Crippen LogP contribution in [0.4, 0.5) is 0 Å². The van der Waals surface area contributed by atoms with Gasteiger partial charge in [0.25, 0.3) is 0 Å². The summed E-state index contributed by atoms with van der Waals surface area (Å²) in [4.78, 5) is 16.3. The van der Waals surface area contributed by atoms with Gasteiger partial charge in [-0.15, -0.1) is 0 Å². The van der Waals surface area contributed by atoms with Gasteiger partial charge < -0.3 is 4.42 Å². The number of carbonyl (C=O) groups excluding carboxylic acids is 1. The summed E-state index contributed by atoms with van der Waals surface area (Å²) in [5.74, 6) is 0.0388. The molecule has 4 heteroatoms. The zero-order chi connectivity index (χ0) is 12.5. The highest BCUT2D eigenvalue weighted by Crippen LogP contribution is 2.22. The highest BCUT2D eigenvalue weighted by molar-refractivity contribution is 6.29. The molecule has 88 valence electrons. The first-order valence-corrected chi connectivity index (χ1v) is 5.76. The highest BCUT2D eigenvalue weighted by Gasteiger charge is 2.15. The Morgan fingerprint density at radius 1 is 1.17 bits per heavy atom. The van der Waals surface area contributed by atoms with Crippen LogP contribution in [0.2, 0.25) is 5.22 Å². The van der Waals surface area contributed by atoms with Crippen molar-refractivity contribution in [3.63, 3.8) is 0 Å². The van der Waals surface area contributed by atoms with Crippen molar-refractivity contribution in [2.75, 3.05) is 0 Å². The second-order valence-electron chi connectivity index (χ2n) is 3.84. The number of aromatic nitrogens is 1. The maximum Gasteiger partial charge on any atom is 0.228 e. The van der Waals surface area contributed by atoms with E-state index in [1.54, 1.807) is 30.6 Å². The van der Waals surface area contributed by atoms with E-state index in [1.165, 1.54) is 0 Å². The summed E-state index contributed by atoms with van der Waals surface area (Å²) in [7, 11) is 0. The molecule has 3 rings (SSSR count). The molecule has 0 radical (unpaired) electrons. The molecule has 0 saturated heterocycles. The van der Waals surface area contributed by atoms with Crippen LogP contribution >= 0.6 is 11.6 Å². The second-order valence-corrected chi connectivity index (χ2v) is 4.21. The first kappa shape index (κ1) is 11.0. The number of pyridine rings is 1. The fourth-order valence-electron chi connectivity index (χ4n) is 1.88. The van der Waals surface area contributed by atoms with E-state index in [2.05, 4.69) is 4.98 Å². The normalized spacial score (nSPS) is 10.7. The molecule has 0 spiro atoms. The Balaban J connectivity index is 2.17. The summed E-state index contributed by atoms with van der Waals surface area (Å²) in [5, 5.41) is 1.97. The topological polar surface area (TPSA) is 43.1 Å². The Kier molecular flexibility index (Phi) is 2.61. The number of hydrogen-bond donors (Lipinski definition) is 0. The summed E-state index contributed by atoms with van der Waals surface area (Å²) in [6.07, 6.45) is 3.37. The molecule has 18 heavy (non-hydrogen) atoms. The minimum atomic E-state index is -0.194. The van der Waals surface area contributed by atoms with Gasteiger partial charge in [-0.25, -0.2) is 0 Å². The number of halogens is 1. The third kappa shape index (κ3) is 1.79. The van der Waals surface area contributed by atoms with Gasteiger partial charge in [-0.1, -0.05) is 18.2 Å². The number of ketones is 1. The Morgan fingerprint density at radius 3 is 2.83 bits per heavy atom. The number of hydrogen-bond acceptors (Lipinski definition) is 3. The zero-order valence-electron chi connectivity index (χ0n) is 9.26. The lowest BCUT2D eigenvalue weighted by Crippen LogP contribution is -2.00. The smallest absolute Gasteiger partial charge is 0.228 e. The van der Waals surface area contributed by atoms with E-state index in [0.29, 0.717) is 5.56 Å². The summed E-state index contributed by atoms with van der Waals surface area (Å²) in [6.45, 7) is 0. The van der Waals surface area contributed by atoms with Gasteiger partial charge in [-0.05, 0) is 35.2 Å². The van der Waals surface area contributed by atoms with Gasteiger partial charge in [-0.3, -0.25) is 9.78 Å². The summed E-state index contributed by atoms with van der Waals surface area (Å²) < 4.78 is 5.14. The predicted octanol–water partition coefficient (Wildman–Crippen LogP) is 3.71. The van der Waals surface area contributed by atoms with Gasteiger partial charge in [0.05, 0.1) is 0 Å². The second kappa shape index (κ2) is 4.27. The van der Waals surface area contributed by atoms with Crippen molar-refractivity contribution >= 4 is 28.2 Å². The molecule has 0 aliphatic rings. The van der Waals surface area contributed by atoms with E-state index >= 15 is 0 Å². The standard InChI is InChI=1S/C14H8ClNO2/c15-13-5-4-12(18-13)14(17)10-3-1-2-9-6-7-16-8-11(9)10/h1-8H. The van der Waals surface area contributed by atoms with Crippen LogP contribution in [0.1, 0.15) is 16.1 Å².